The van der Waals surface area contributed by atoms with Crippen LogP contribution in [0.15, 0.2) is 6.33 Å². The molecule has 1 saturated carbocycles. The Morgan fingerprint density at radius 1 is 1.47 bits per heavy atom. The van der Waals surface area contributed by atoms with Gasteiger partial charge in [0.1, 0.15) is 12.1 Å². The quantitative estimate of drug-likeness (QED) is 0.779. The highest BCUT2D eigenvalue weighted by molar-refractivity contribution is 5.47. The summed E-state index contributed by atoms with van der Waals surface area (Å²) in [5.41, 5.74) is 6.98. The molecule has 1 heterocycles. The van der Waals surface area contributed by atoms with Gasteiger partial charge >= 0.3 is 0 Å². The Morgan fingerprint density at radius 3 is 2.82 bits per heavy atom. The van der Waals surface area contributed by atoms with Crippen LogP contribution >= 0.6 is 0 Å². The zero-order valence-corrected chi connectivity index (χ0v) is 10.5. The standard InChI is InChI=1S/C12H20N4O/c1-9-10(15-8-16-11(9)17-2)14-7-12(3-4-12)5-6-13/h8H,3-7,13H2,1-2H3,(H,14,15,16). The van der Waals surface area contributed by atoms with E-state index in [-0.39, 0.29) is 0 Å². The van der Waals surface area contributed by atoms with Gasteiger partial charge in [-0.25, -0.2) is 9.97 Å². The Labute approximate surface area is 102 Å². The SMILES string of the molecule is COc1ncnc(NCC2(CCN)CC2)c1C. The number of ether oxygens (including phenoxy) is 1. The number of aromatic nitrogens is 2. The molecule has 0 radical (unpaired) electrons. The normalized spacial score (nSPS) is 16.6. The first kappa shape index (κ1) is 12.1. The van der Waals surface area contributed by atoms with E-state index in [2.05, 4.69) is 15.3 Å². The van der Waals surface area contributed by atoms with Gasteiger partial charge < -0.3 is 15.8 Å². The van der Waals surface area contributed by atoms with Gasteiger partial charge in [-0.3, -0.25) is 0 Å². The van der Waals surface area contributed by atoms with Gasteiger partial charge in [-0.1, -0.05) is 0 Å². The summed E-state index contributed by atoms with van der Waals surface area (Å²) in [6.07, 6.45) is 5.13. The summed E-state index contributed by atoms with van der Waals surface area (Å²) in [7, 11) is 1.62. The van der Waals surface area contributed by atoms with E-state index in [0.717, 1.165) is 30.9 Å². The predicted octanol–water partition coefficient (Wildman–Crippen LogP) is 1.33. The number of nitrogens with two attached hydrogens (primary N) is 1. The molecule has 0 aliphatic heterocycles. The molecule has 0 atom stereocenters. The molecule has 0 spiro atoms. The Morgan fingerprint density at radius 2 is 2.24 bits per heavy atom. The van der Waals surface area contributed by atoms with Crippen LogP contribution in [0.25, 0.3) is 0 Å². The maximum Gasteiger partial charge on any atom is 0.221 e. The first-order valence-electron chi connectivity index (χ1n) is 6.00. The topological polar surface area (TPSA) is 73.1 Å². The van der Waals surface area contributed by atoms with E-state index in [1.807, 2.05) is 6.92 Å². The molecule has 94 valence electrons. The van der Waals surface area contributed by atoms with Gasteiger partial charge in [0.15, 0.2) is 0 Å². The van der Waals surface area contributed by atoms with Gasteiger partial charge in [0.2, 0.25) is 5.88 Å². The van der Waals surface area contributed by atoms with Crippen LogP contribution < -0.4 is 15.8 Å². The third-order valence-corrected chi connectivity index (χ3v) is 3.49. The summed E-state index contributed by atoms with van der Waals surface area (Å²) in [6.45, 7) is 3.66. The number of nitrogens with zero attached hydrogens (tertiary/aromatic N) is 2. The van der Waals surface area contributed by atoms with Crippen molar-refractivity contribution in [1.82, 2.24) is 9.97 Å². The summed E-state index contributed by atoms with van der Waals surface area (Å²) < 4.78 is 5.17. The van der Waals surface area contributed by atoms with Crippen LogP contribution in [0.1, 0.15) is 24.8 Å². The van der Waals surface area contributed by atoms with E-state index >= 15 is 0 Å². The molecule has 1 aromatic rings. The second-order valence-corrected chi connectivity index (χ2v) is 4.75. The Kier molecular flexibility index (Phi) is 3.47. The summed E-state index contributed by atoms with van der Waals surface area (Å²) in [5.74, 6) is 1.49. The lowest BCUT2D eigenvalue weighted by molar-refractivity contribution is 0.393. The largest absolute Gasteiger partial charge is 0.481 e. The summed E-state index contributed by atoms with van der Waals surface area (Å²) in [5, 5.41) is 3.39. The Hall–Kier alpha value is -1.36. The molecule has 0 unspecified atom stereocenters. The monoisotopic (exact) mass is 236 g/mol. The van der Waals surface area contributed by atoms with E-state index in [9.17, 15) is 0 Å². The highest BCUT2D eigenvalue weighted by atomic mass is 16.5. The van der Waals surface area contributed by atoms with Crippen molar-refractivity contribution in [2.75, 3.05) is 25.5 Å². The molecule has 1 aliphatic carbocycles. The minimum absolute atomic E-state index is 0.402. The molecule has 0 amide bonds. The van der Waals surface area contributed by atoms with E-state index in [1.165, 1.54) is 19.2 Å². The van der Waals surface area contributed by atoms with Gasteiger partial charge in [0, 0.05) is 6.54 Å². The van der Waals surface area contributed by atoms with Crippen LogP contribution in [-0.4, -0.2) is 30.2 Å². The number of hydrogen-bond acceptors (Lipinski definition) is 5. The molecule has 17 heavy (non-hydrogen) atoms. The highest BCUT2D eigenvalue weighted by Crippen LogP contribution is 2.48. The molecule has 1 aromatic heterocycles. The molecule has 5 nitrogen and oxygen atoms in total. The summed E-state index contributed by atoms with van der Waals surface area (Å²) in [4.78, 5) is 8.30. The van der Waals surface area contributed by atoms with Gasteiger partial charge in [-0.15, -0.1) is 0 Å². The lowest BCUT2D eigenvalue weighted by Crippen LogP contribution is -2.20. The summed E-state index contributed by atoms with van der Waals surface area (Å²) in [6, 6.07) is 0. The van der Waals surface area contributed by atoms with Crippen molar-refractivity contribution in [2.24, 2.45) is 11.1 Å². The van der Waals surface area contributed by atoms with E-state index in [1.54, 1.807) is 7.11 Å². The zero-order valence-electron chi connectivity index (χ0n) is 10.5. The average Bonchev–Trinajstić information content (AvgIpc) is 3.09. The zero-order chi connectivity index (χ0) is 12.3. The van der Waals surface area contributed by atoms with E-state index in [4.69, 9.17) is 10.5 Å². The second kappa shape index (κ2) is 4.87. The number of anilines is 1. The van der Waals surface area contributed by atoms with Crippen LogP contribution in [0.2, 0.25) is 0 Å². The number of methoxy groups -OCH3 is 1. The molecule has 3 N–H and O–H groups in total. The molecule has 0 aromatic carbocycles. The van der Waals surface area contributed by atoms with Crippen LogP contribution in [0.3, 0.4) is 0 Å². The van der Waals surface area contributed by atoms with Crippen molar-refractivity contribution < 1.29 is 4.74 Å². The first-order valence-corrected chi connectivity index (χ1v) is 6.00. The Bertz CT molecular complexity index is 390. The minimum Gasteiger partial charge on any atom is -0.481 e. The molecule has 0 saturated heterocycles. The van der Waals surface area contributed by atoms with Crippen molar-refractivity contribution in [3.05, 3.63) is 11.9 Å². The molecular formula is C12H20N4O. The van der Waals surface area contributed by atoms with Crippen LogP contribution in [0, 0.1) is 12.3 Å². The van der Waals surface area contributed by atoms with Crippen molar-refractivity contribution in [3.8, 4) is 5.88 Å². The van der Waals surface area contributed by atoms with E-state index in [0.29, 0.717) is 11.3 Å². The smallest absolute Gasteiger partial charge is 0.221 e. The minimum atomic E-state index is 0.402. The summed E-state index contributed by atoms with van der Waals surface area (Å²) >= 11 is 0. The number of rotatable bonds is 6. The third kappa shape index (κ3) is 2.66. The molecule has 1 aliphatic rings. The van der Waals surface area contributed by atoms with Crippen LogP contribution in [0.5, 0.6) is 5.88 Å². The van der Waals surface area contributed by atoms with Gasteiger partial charge in [-0.2, -0.15) is 0 Å². The number of nitrogens with one attached hydrogen (secondary N) is 1. The van der Waals surface area contributed by atoms with Crippen molar-refractivity contribution >= 4 is 5.82 Å². The maximum atomic E-state index is 5.63. The van der Waals surface area contributed by atoms with E-state index < -0.39 is 0 Å². The van der Waals surface area contributed by atoms with Crippen molar-refractivity contribution in [2.45, 2.75) is 26.2 Å². The predicted molar refractivity (Wildman–Crippen MR) is 67.1 cm³/mol. The second-order valence-electron chi connectivity index (χ2n) is 4.75. The van der Waals surface area contributed by atoms with Gasteiger partial charge in [0.25, 0.3) is 0 Å². The third-order valence-electron chi connectivity index (χ3n) is 3.49. The fraction of sp³-hybridized carbons (Fsp3) is 0.667. The molecule has 1 fully saturated rings. The molecular weight excluding hydrogens is 216 g/mol. The fourth-order valence-corrected chi connectivity index (χ4v) is 2.09. The van der Waals surface area contributed by atoms with Crippen molar-refractivity contribution in [3.63, 3.8) is 0 Å². The van der Waals surface area contributed by atoms with Crippen molar-refractivity contribution in [1.29, 1.82) is 0 Å². The fourth-order valence-electron chi connectivity index (χ4n) is 2.09. The molecule has 2 rings (SSSR count). The van der Waals surface area contributed by atoms with Gasteiger partial charge in [0.05, 0.1) is 12.7 Å². The first-order chi connectivity index (χ1) is 8.21. The number of hydrogen-bond donors (Lipinski definition) is 2. The Balaban J connectivity index is 1.99. The van der Waals surface area contributed by atoms with Crippen LogP contribution in [0.4, 0.5) is 5.82 Å². The molecule has 0 bridgehead atoms. The lowest BCUT2D eigenvalue weighted by atomic mass is 10.0. The molecule has 5 heteroatoms. The lowest BCUT2D eigenvalue weighted by Gasteiger charge is -2.16. The van der Waals surface area contributed by atoms with Gasteiger partial charge in [-0.05, 0) is 38.1 Å². The maximum absolute atomic E-state index is 5.63. The average molecular weight is 236 g/mol. The highest BCUT2D eigenvalue weighted by Gasteiger charge is 2.41. The van der Waals surface area contributed by atoms with Crippen LogP contribution in [-0.2, 0) is 0 Å².